The summed E-state index contributed by atoms with van der Waals surface area (Å²) in [5.74, 6) is 1.49. The van der Waals surface area contributed by atoms with Gasteiger partial charge in [0.05, 0.1) is 25.5 Å². The number of nitrogens with zero attached hydrogens (tertiary/aromatic N) is 3. The molecule has 1 aliphatic rings. The van der Waals surface area contributed by atoms with Crippen molar-refractivity contribution in [3.05, 3.63) is 101 Å². The first kappa shape index (κ1) is 26.1. The number of carbonyl (C=O) groups excluding carboxylic acids is 2. The molecule has 1 saturated heterocycles. The van der Waals surface area contributed by atoms with Crippen molar-refractivity contribution in [3.63, 3.8) is 0 Å². The second-order valence-corrected chi connectivity index (χ2v) is 9.69. The highest BCUT2D eigenvalue weighted by atomic mass is 16.5. The summed E-state index contributed by atoms with van der Waals surface area (Å²) >= 11 is 0. The van der Waals surface area contributed by atoms with Gasteiger partial charge in [-0.3, -0.25) is 9.59 Å². The first-order valence-corrected chi connectivity index (χ1v) is 13.1. The van der Waals surface area contributed by atoms with Gasteiger partial charge < -0.3 is 23.8 Å². The van der Waals surface area contributed by atoms with Gasteiger partial charge in [-0.25, -0.2) is 0 Å². The summed E-state index contributed by atoms with van der Waals surface area (Å²) in [7, 11) is 3.29. The Labute approximate surface area is 229 Å². The average Bonchev–Trinajstić information content (AvgIpc) is 3.33. The summed E-state index contributed by atoms with van der Waals surface area (Å²) in [6.07, 6.45) is 0. The van der Waals surface area contributed by atoms with Crippen molar-refractivity contribution in [1.29, 1.82) is 0 Å². The molecule has 0 bridgehead atoms. The quantitative estimate of drug-likeness (QED) is 0.341. The third kappa shape index (κ3) is 5.12. The maximum Gasteiger partial charge on any atom is 0.255 e. The molecule has 1 aliphatic heterocycles. The van der Waals surface area contributed by atoms with Gasteiger partial charge in [-0.1, -0.05) is 24.3 Å². The van der Waals surface area contributed by atoms with E-state index < -0.39 is 0 Å². The molecular formula is C32H33N3O4. The molecule has 1 fully saturated rings. The second-order valence-electron chi connectivity index (χ2n) is 9.69. The van der Waals surface area contributed by atoms with Crippen LogP contribution in [0.2, 0.25) is 0 Å². The Morgan fingerprint density at radius 2 is 1.28 bits per heavy atom. The molecule has 2 amide bonds. The van der Waals surface area contributed by atoms with E-state index in [1.54, 1.807) is 14.2 Å². The average molecular weight is 524 g/mol. The lowest BCUT2D eigenvalue weighted by atomic mass is 10.1. The summed E-state index contributed by atoms with van der Waals surface area (Å²) in [5.41, 5.74) is 5.94. The van der Waals surface area contributed by atoms with E-state index in [1.165, 1.54) is 0 Å². The largest absolute Gasteiger partial charge is 0.497 e. The normalized spacial score (nSPS) is 13.3. The van der Waals surface area contributed by atoms with E-state index in [9.17, 15) is 9.59 Å². The van der Waals surface area contributed by atoms with E-state index in [1.807, 2.05) is 103 Å². The molecule has 3 aromatic carbocycles. The Hall–Kier alpha value is -4.52. The van der Waals surface area contributed by atoms with E-state index >= 15 is 0 Å². The van der Waals surface area contributed by atoms with Crippen molar-refractivity contribution in [2.75, 3.05) is 40.4 Å². The molecule has 0 N–H and O–H groups in total. The number of carbonyl (C=O) groups is 2. The van der Waals surface area contributed by atoms with Gasteiger partial charge in [-0.15, -0.1) is 0 Å². The highest BCUT2D eigenvalue weighted by molar-refractivity contribution is 5.98. The Balaban J connectivity index is 1.44. The van der Waals surface area contributed by atoms with Crippen LogP contribution in [0.25, 0.3) is 16.9 Å². The van der Waals surface area contributed by atoms with Crippen LogP contribution in [0, 0.1) is 13.8 Å². The molecule has 39 heavy (non-hydrogen) atoms. The Bertz CT molecular complexity index is 1500. The van der Waals surface area contributed by atoms with Crippen molar-refractivity contribution >= 4 is 11.8 Å². The molecule has 7 nitrogen and oxygen atoms in total. The van der Waals surface area contributed by atoms with Crippen LogP contribution in [-0.4, -0.2) is 66.6 Å². The molecular weight excluding hydrogens is 490 g/mol. The molecule has 0 spiro atoms. The summed E-state index contributed by atoms with van der Waals surface area (Å²) in [6, 6.07) is 25.2. The molecule has 4 aromatic rings. The van der Waals surface area contributed by atoms with E-state index in [2.05, 4.69) is 4.57 Å². The van der Waals surface area contributed by atoms with Gasteiger partial charge in [0.25, 0.3) is 11.8 Å². The number of hydrogen-bond donors (Lipinski definition) is 0. The van der Waals surface area contributed by atoms with Crippen molar-refractivity contribution in [1.82, 2.24) is 14.4 Å². The number of amides is 2. The van der Waals surface area contributed by atoms with Crippen molar-refractivity contribution in [3.8, 4) is 28.4 Å². The van der Waals surface area contributed by atoms with Gasteiger partial charge in [-0.05, 0) is 73.5 Å². The minimum absolute atomic E-state index is 0.0161. The minimum atomic E-state index is -0.0353. The van der Waals surface area contributed by atoms with Gasteiger partial charge in [0.15, 0.2) is 0 Å². The van der Waals surface area contributed by atoms with Gasteiger partial charge >= 0.3 is 0 Å². The van der Waals surface area contributed by atoms with Crippen molar-refractivity contribution < 1.29 is 19.1 Å². The standard InChI is InChI=1S/C32H33N3O4/c1-22-8-5-6-11-28(22)31(36)33-16-18-34(19-17-33)32(37)29-21-30(24-12-14-26(38-3)15-13-24)35(23(29)2)25-9-7-10-27(20-25)39-4/h5-15,20-21H,16-19H2,1-4H3. The summed E-state index contributed by atoms with van der Waals surface area (Å²) in [4.78, 5) is 30.6. The molecule has 5 rings (SSSR count). The minimum Gasteiger partial charge on any atom is -0.497 e. The predicted molar refractivity (Wildman–Crippen MR) is 152 cm³/mol. The lowest BCUT2D eigenvalue weighted by Gasteiger charge is -2.35. The Morgan fingerprint density at radius 3 is 1.90 bits per heavy atom. The number of aromatic nitrogens is 1. The fourth-order valence-electron chi connectivity index (χ4n) is 5.15. The third-order valence-corrected chi connectivity index (χ3v) is 7.40. The summed E-state index contributed by atoms with van der Waals surface area (Å²) in [6.45, 7) is 5.89. The Morgan fingerprint density at radius 1 is 0.667 bits per heavy atom. The van der Waals surface area contributed by atoms with Gasteiger partial charge in [0.2, 0.25) is 0 Å². The number of hydrogen-bond acceptors (Lipinski definition) is 4. The number of methoxy groups -OCH3 is 2. The van der Waals surface area contributed by atoms with Crippen LogP contribution in [0.4, 0.5) is 0 Å². The van der Waals surface area contributed by atoms with E-state index in [-0.39, 0.29) is 11.8 Å². The third-order valence-electron chi connectivity index (χ3n) is 7.40. The van der Waals surface area contributed by atoms with Crippen LogP contribution in [0.1, 0.15) is 32.0 Å². The van der Waals surface area contributed by atoms with Crippen molar-refractivity contribution in [2.24, 2.45) is 0 Å². The molecule has 0 unspecified atom stereocenters. The zero-order valence-corrected chi connectivity index (χ0v) is 22.8. The predicted octanol–water partition coefficient (Wildman–Crippen LogP) is 5.38. The van der Waals surface area contributed by atoms with Gasteiger partial charge in [0, 0.05) is 49.2 Å². The SMILES string of the molecule is COc1ccc(-c2cc(C(=O)N3CCN(C(=O)c4ccccc4C)CC3)c(C)n2-c2cccc(OC)c2)cc1. The number of aryl methyl sites for hydroxylation is 1. The summed E-state index contributed by atoms with van der Waals surface area (Å²) < 4.78 is 12.9. The van der Waals surface area contributed by atoms with Gasteiger partial charge in [-0.2, -0.15) is 0 Å². The highest BCUT2D eigenvalue weighted by Crippen LogP contribution is 2.32. The van der Waals surface area contributed by atoms with Crippen LogP contribution >= 0.6 is 0 Å². The zero-order chi connectivity index (χ0) is 27.5. The smallest absolute Gasteiger partial charge is 0.255 e. The molecule has 0 atom stereocenters. The molecule has 2 heterocycles. The van der Waals surface area contributed by atoms with Crippen LogP contribution in [0.3, 0.4) is 0 Å². The van der Waals surface area contributed by atoms with Crippen LogP contribution in [0.15, 0.2) is 78.9 Å². The number of ether oxygens (including phenoxy) is 2. The van der Waals surface area contributed by atoms with Crippen molar-refractivity contribution in [2.45, 2.75) is 13.8 Å². The number of rotatable bonds is 6. The molecule has 1 aromatic heterocycles. The molecule has 0 aliphatic carbocycles. The molecule has 0 saturated carbocycles. The van der Waals surface area contributed by atoms with E-state index in [4.69, 9.17) is 9.47 Å². The topological polar surface area (TPSA) is 64.0 Å². The Kier molecular flexibility index (Phi) is 7.41. The first-order valence-electron chi connectivity index (χ1n) is 13.1. The lowest BCUT2D eigenvalue weighted by molar-refractivity contribution is 0.0534. The maximum atomic E-state index is 13.8. The van der Waals surface area contributed by atoms with Crippen LogP contribution in [0.5, 0.6) is 11.5 Å². The second kappa shape index (κ2) is 11.1. The monoisotopic (exact) mass is 523 g/mol. The number of piperazine rings is 1. The van der Waals surface area contributed by atoms with E-state index in [0.29, 0.717) is 37.3 Å². The fraction of sp³-hybridized carbons (Fsp3) is 0.250. The highest BCUT2D eigenvalue weighted by Gasteiger charge is 2.29. The molecule has 0 radical (unpaired) electrons. The van der Waals surface area contributed by atoms with Crippen LogP contribution < -0.4 is 9.47 Å². The number of benzene rings is 3. The van der Waals surface area contributed by atoms with Gasteiger partial charge in [0.1, 0.15) is 11.5 Å². The van der Waals surface area contributed by atoms with Crippen LogP contribution in [-0.2, 0) is 0 Å². The molecule has 7 heteroatoms. The van der Waals surface area contributed by atoms with E-state index in [0.717, 1.165) is 39.7 Å². The first-order chi connectivity index (χ1) is 18.9. The zero-order valence-electron chi connectivity index (χ0n) is 22.8. The fourth-order valence-corrected chi connectivity index (χ4v) is 5.15. The molecule has 200 valence electrons. The lowest BCUT2D eigenvalue weighted by Crippen LogP contribution is -2.50. The summed E-state index contributed by atoms with van der Waals surface area (Å²) in [5, 5.41) is 0. The maximum absolute atomic E-state index is 13.8.